The Bertz CT molecular complexity index is 335. The first-order chi connectivity index (χ1) is 8.09. The van der Waals surface area contributed by atoms with Gasteiger partial charge in [0.05, 0.1) is 5.92 Å². The van der Waals surface area contributed by atoms with Crippen LogP contribution in [0.1, 0.15) is 26.3 Å². The molecule has 0 aliphatic heterocycles. The van der Waals surface area contributed by atoms with E-state index < -0.39 is 0 Å². The molecule has 0 bridgehead atoms. The molecule has 0 saturated heterocycles. The molecule has 0 radical (unpaired) electrons. The second kappa shape index (κ2) is 7.07. The smallest absolute Gasteiger partial charge is 0.310 e. The van der Waals surface area contributed by atoms with E-state index in [1.54, 1.807) is 0 Å². The van der Waals surface area contributed by atoms with Gasteiger partial charge < -0.3 is 10.1 Å². The lowest BCUT2D eigenvalue weighted by atomic mass is 10.1. The van der Waals surface area contributed by atoms with Crippen molar-refractivity contribution in [2.75, 3.05) is 6.54 Å². The summed E-state index contributed by atoms with van der Waals surface area (Å²) in [5, 5.41) is 3.22. The molecule has 0 amide bonds. The molecule has 0 aliphatic rings. The minimum atomic E-state index is -0.151. The van der Waals surface area contributed by atoms with Crippen molar-refractivity contribution < 1.29 is 9.53 Å². The number of ether oxygens (including phenoxy) is 1. The zero-order valence-electron chi connectivity index (χ0n) is 10.8. The first-order valence-corrected chi connectivity index (χ1v) is 6.03. The minimum Gasteiger partial charge on any atom is -0.461 e. The van der Waals surface area contributed by atoms with Gasteiger partial charge in [-0.2, -0.15) is 0 Å². The lowest BCUT2D eigenvalue weighted by molar-refractivity contribution is -0.149. The summed E-state index contributed by atoms with van der Waals surface area (Å²) >= 11 is 0. The van der Waals surface area contributed by atoms with Gasteiger partial charge in [0.1, 0.15) is 6.61 Å². The van der Waals surface area contributed by atoms with Crippen molar-refractivity contribution >= 4 is 5.97 Å². The second-order valence-corrected chi connectivity index (χ2v) is 4.56. The third kappa shape index (κ3) is 5.50. The molecule has 0 heterocycles. The summed E-state index contributed by atoms with van der Waals surface area (Å²) in [7, 11) is 0. The fourth-order valence-electron chi connectivity index (χ4n) is 1.37. The molecule has 3 nitrogen and oxygen atoms in total. The number of hydrogen-bond donors (Lipinski definition) is 1. The van der Waals surface area contributed by atoms with E-state index >= 15 is 0 Å². The van der Waals surface area contributed by atoms with Crippen LogP contribution in [0.25, 0.3) is 0 Å². The molecule has 1 unspecified atom stereocenters. The predicted octanol–water partition coefficient (Wildman–Crippen LogP) is 2.36. The largest absolute Gasteiger partial charge is 0.461 e. The zero-order chi connectivity index (χ0) is 12.7. The van der Waals surface area contributed by atoms with E-state index in [0.717, 1.165) is 5.56 Å². The van der Waals surface area contributed by atoms with Crippen molar-refractivity contribution in [2.45, 2.75) is 33.4 Å². The van der Waals surface area contributed by atoms with Crippen LogP contribution >= 0.6 is 0 Å². The quantitative estimate of drug-likeness (QED) is 0.769. The van der Waals surface area contributed by atoms with E-state index in [0.29, 0.717) is 19.2 Å². The Hall–Kier alpha value is -1.35. The lowest BCUT2D eigenvalue weighted by Gasteiger charge is -2.14. The number of nitrogens with one attached hydrogen (secondary N) is 1. The molecule has 94 valence electrons. The van der Waals surface area contributed by atoms with Gasteiger partial charge in [0.2, 0.25) is 0 Å². The van der Waals surface area contributed by atoms with Gasteiger partial charge in [0, 0.05) is 12.6 Å². The van der Waals surface area contributed by atoms with Crippen LogP contribution in [-0.4, -0.2) is 18.6 Å². The van der Waals surface area contributed by atoms with Crippen molar-refractivity contribution in [1.82, 2.24) is 5.32 Å². The van der Waals surface area contributed by atoms with E-state index in [2.05, 4.69) is 19.2 Å². The highest BCUT2D eigenvalue weighted by Gasteiger charge is 2.14. The molecule has 1 aromatic carbocycles. The molecular weight excluding hydrogens is 214 g/mol. The Balaban J connectivity index is 2.29. The summed E-state index contributed by atoms with van der Waals surface area (Å²) in [6.45, 7) is 7.00. The molecule has 1 aromatic rings. The maximum Gasteiger partial charge on any atom is 0.310 e. The molecule has 1 rings (SSSR count). The average molecular weight is 235 g/mol. The minimum absolute atomic E-state index is 0.110. The summed E-state index contributed by atoms with van der Waals surface area (Å²) in [4.78, 5) is 11.7. The Kier molecular flexibility index (Phi) is 5.70. The highest BCUT2D eigenvalue weighted by atomic mass is 16.5. The predicted molar refractivity (Wildman–Crippen MR) is 68.5 cm³/mol. The van der Waals surface area contributed by atoms with Crippen LogP contribution in [0.15, 0.2) is 30.3 Å². The number of hydrogen-bond acceptors (Lipinski definition) is 3. The molecule has 17 heavy (non-hydrogen) atoms. The monoisotopic (exact) mass is 235 g/mol. The SMILES string of the molecule is CC(C)NCC(C)C(=O)OCc1ccccc1. The van der Waals surface area contributed by atoms with Crippen molar-refractivity contribution in [3.63, 3.8) is 0 Å². The van der Waals surface area contributed by atoms with E-state index in [-0.39, 0.29) is 11.9 Å². The highest BCUT2D eigenvalue weighted by Crippen LogP contribution is 2.04. The Morgan fingerprint density at radius 2 is 1.88 bits per heavy atom. The van der Waals surface area contributed by atoms with Gasteiger partial charge in [0.25, 0.3) is 0 Å². The topological polar surface area (TPSA) is 38.3 Å². The number of carbonyl (C=O) groups is 1. The Labute approximate surface area is 103 Å². The first kappa shape index (κ1) is 13.7. The summed E-state index contributed by atoms with van der Waals surface area (Å²) in [6, 6.07) is 10.1. The first-order valence-electron chi connectivity index (χ1n) is 6.03. The molecule has 1 N–H and O–H groups in total. The van der Waals surface area contributed by atoms with Crippen LogP contribution in [-0.2, 0) is 16.1 Å². The lowest BCUT2D eigenvalue weighted by Crippen LogP contribution is -2.32. The highest BCUT2D eigenvalue weighted by molar-refractivity contribution is 5.72. The van der Waals surface area contributed by atoms with Gasteiger partial charge in [-0.25, -0.2) is 0 Å². The van der Waals surface area contributed by atoms with Gasteiger partial charge in [0.15, 0.2) is 0 Å². The summed E-state index contributed by atoms with van der Waals surface area (Å²) in [5.41, 5.74) is 1.02. The third-order valence-corrected chi connectivity index (χ3v) is 2.46. The van der Waals surface area contributed by atoms with Crippen LogP contribution in [0.2, 0.25) is 0 Å². The van der Waals surface area contributed by atoms with Gasteiger partial charge in [-0.1, -0.05) is 51.1 Å². The number of esters is 1. The van der Waals surface area contributed by atoms with Gasteiger partial charge in [-0.3, -0.25) is 4.79 Å². The van der Waals surface area contributed by atoms with Crippen molar-refractivity contribution in [2.24, 2.45) is 5.92 Å². The van der Waals surface area contributed by atoms with Gasteiger partial charge in [-0.05, 0) is 5.56 Å². The Morgan fingerprint density at radius 1 is 1.24 bits per heavy atom. The van der Waals surface area contributed by atoms with Crippen LogP contribution < -0.4 is 5.32 Å². The number of benzene rings is 1. The molecule has 0 fully saturated rings. The van der Waals surface area contributed by atoms with Gasteiger partial charge >= 0.3 is 5.97 Å². The van der Waals surface area contributed by atoms with E-state index in [1.165, 1.54) is 0 Å². The van der Waals surface area contributed by atoms with Crippen LogP contribution in [0.4, 0.5) is 0 Å². The van der Waals surface area contributed by atoms with Crippen molar-refractivity contribution in [1.29, 1.82) is 0 Å². The maximum absolute atomic E-state index is 11.7. The van der Waals surface area contributed by atoms with Crippen LogP contribution in [0.3, 0.4) is 0 Å². The van der Waals surface area contributed by atoms with Crippen LogP contribution in [0, 0.1) is 5.92 Å². The fraction of sp³-hybridized carbons (Fsp3) is 0.500. The third-order valence-electron chi connectivity index (χ3n) is 2.46. The maximum atomic E-state index is 11.7. The number of carbonyl (C=O) groups excluding carboxylic acids is 1. The van der Waals surface area contributed by atoms with E-state index in [1.807, 2.05) is 37.3 Å². The normalized spacial score (nSPS) is 12.5. The molecule has 0 saturated carbocycles. The van der Waals surface area contributed by atoms with E-state index in [4.69, 9.17) is 4.74 Å². The summed E-state index contributed by atoms with van der Waals surface area (Å²) in [6.07, 6.45) is 0. The molecule has 0 aromatic heterocycles. The molecule has 1 atom stereocenters. The average Bonchev–Trinajstić information content (AvgIpc) is 2.34. The van der Waals surface area contributed by atoms with Crippen molar-refractivity contribution in [3.05, 3.63) is 35.9 Å². The second-order valence-electron chi connectivity index (χ2n) is 4.56. The number of rotatable bonds is 6. The summed E-state index contributed by atoms with van der Waals surface area (Å²) < 4.78 is 5.24. The standard InChI is InChI=1S/C14H21NO2/c1-11(2)15-9-12(3)14(16)17-10-13-7-5-4-6-8-13/h4-8,11-12,15H,9-10H2,1-3H3. The zero-order valence-corrected chi connectivity index (χ0v) is 10.8. The van der Waals surface area contributed by atoms with E-state index in [9.17, 15) is 4.79 Å². The molecule has 0 aliphatic carbocycles. The fourth-order valence-corrected chi connectivity index (χ4v) is 1.37. The summed E-state index contributed by atoms with van der Waals surface area (Å²) in [5.74, 6) is -0.261. The van der Waals surface area contributed by atoms with Crippen molar-refractivity contribution in [3.8, 4) is 0 Å². The molecular formula is C14H21NO2. The molecule has 3 heteroatoms. The molecule has 0 spiro atoms. The Morgan fingerprint density at radius 3 is 2.47 bits per heavy atom. The van der Waals surface area contributed by atoms with Crippen LogP contribution in [0.5, 0.6) is 0 Å². The van der Waals surface area contributed by atoms with Gasteiger partial charge in [-0.15, -0.1) is 0 Å².